The number of carbonyl (C=O) groups excluding carboxylic acids is 4. The van der Waals surface area contributed by atoms with Gasteiger partial charge in [0, 0.05) is 12.8 Å². The van der Waals surface area contributed by atoms with Crippen LogP contribution in [0.5, 0.6) is 0 Å². The molecule has 12 heteroatoms. The average molecular weight is 542 g/mol. The summed E-state index contributed by atoms with van der Waals surface area (Å²) < 4.78 is 0. The number of benzene rings is 2. The molecule has 0 fully saturated rings. The van der Waals surface area contributed by atoms with Crippen LogP contribution in [0.25, 0.3) is 0 Å². The summed E-state index contributed by atoms with van der Waals surface area (Å²) in [4.78, 5) is 61.9. The second-order valence-corrected chi connectivity index (χ2v) is 9.18. The second kappa shape index (κ2) is 15.2. The molecule has 39 heavy (non-hydrogen) atoms. The minimum Gasteiger partial charge on any atom is -0.480 e. The summed E-state index contributed by atoms with van der Waals surface area (Å²) >= 11 is 0. The Labute approximate surface area is 226 Å². The van der Waals surface area contributed by atoms with Crippen molar-refractivity contribution in [3.63, 3.8) is 0 Å². The van der Waals surface area contributed by atoms with Crippen LogP contribution < -0.4 is 27.4 Å². The van der Waals surface area contributed by atoms with E-state index in [9.17, 15) is 34.2 Å². The van der Waals surface area contributed by atoms with Crippen molar-refractivity contribution in [1.29, 1.82) is 0 Å². The summed E-state index contributed by atoms with van der Waals surface area (Å²) in [6.07, 6.45) is -1.74. The van der Waals surface area contributed by atoms with E-state index in [2.05, 4.69) is 16.0 Å². The van der Waals surface area contributed by atoms with E-state index in [0.717, 1.165) is 5.56 Å². The van der Waals surface area contributed by atoms with E-state index >= 15 is 0 Å². The average Bonchev–Trinajstić information content (AvgIpc) is 2.89. The predicted octanol–water partition coefficient (Wildman–Crippen LogP) is -1.02. The van der Waals surface area contributed by atoms with Gasteiger partial charge in [0.25, 0.3) is 0 Å². The topological polar surface area (TPSA) is 214 Å². The van der Waals surface area contributed by atoms with Crippen LogP contribution in [0.4, 0.5) is 0 Å². The molecule has 0 spiro atoms. The Morgan fingerprint density at radius 3 is 1.77 bits per heavy atom. The third-order valence-electron chi connectivity index (χ3n) is 5.91. The number of carboxylic acid groups (broad SMARTS) is 1. The molecule has 0 aromatic heterocycles. The van der Waals surface area contributed by atoms with Gasteiger partial charge in [-0.3, -0.25) is 19.2 Å². The molecule has 9 N–H and O–H groups in total. The molecule has 0 bridgehead atoms. The number of carbonyl (C=O) groups is 5. The van der Waals surface area contributed by atoms with Gasteiger partial charge in [-0.2, -0.15) is 0 Å². The molecule has 5 atom stereocenters. The van der Waals surface area contributed by atoms with Gasteiger partial charge in [0.15, 0.2) is 0 Å². The molecule has 0 saturated heterocycles. The van der Waals surface area contributed by atoms with Crippen LogP contribution in [0.15, 0.2) is 60.7 Å². The lowest BCUT2D eigenvalue weighted by Gasteiger charge is -2.26. The van der Waals surface area contributed by atoms with Crippen LogP contribution in [0.2, 0.25) is 0 Å². The van der Waals surface area contributed by atoms with E-state index < -0.39 is 59.9 Å². The van der Waals surface area contributed by atoms with E-state index in [1.54, 1.807) is 54.6 Å². The van der Waals surface area contributed by atoms with Crippen LogP contribution in [0.3, 0.4) is 0 Å². The lowest BCUT2D eigenvalue weighted by molar-refractivity contribution is -0.142. The highest BCUT2D eigenvalue weighted by atomic mass is 16.4. The van der Waals surface area contributed by atoms with Crippen molar-refractivity contribution in [2.24, 2.45) is 11.5 Å². The number of rotatable bonds is 15. The molecule has 12 nitrogen and oxygen atoms in total. The predicted molar refractivity (Wildman–Crippen MR) is 142 cm³/mol. The van der Waals surface area contributed by atoms with Crippen LogP contribution in [-0.2, 0) is 36.8 Å². The highest BCUT2D eigenvalue weighted by Crippen LogP contribution is 2.07. The summed E-state index contributed by atoms with van der Waals surface area (Å²) in [6.45, 7) is 1.27. The molecule has 2 rings (SSSR count). The molecular weight excluding hydrogens is 506 g/mol. The van der Waals surface area contributed by atoms with E-state index in [-0.39, 0.29) is 25.7 Å². The van der Waals surface area contributed by atoms with Gasteiger partial charge < -0.3 is 37.6 Å². The zero-order valence-electron chi connectivity index (χ0n) is 21.6. The summed E-state index contributed by atoms with van der Waals surface area (Å²) in [6, 6.07) is 12.4. The maximum atomic E-state index is 13.0. The van der Waals surface area contributed by atoms with E-state index in [1.807, 2.05) is 6.07 Å². The van der Waals surface area contributed by atoms with Gasteiger partial charge in [0.1, 0.15) is 18.1 Å². The SMILES string of the molecule is CC(O)C(NC(=O)C(N)Cc1ccccc1)C(=O)NC(CCC(N)=O)C(=O)NC(Cc1ccccc1)C(=O)O. The number of hydrogen-bond acceptors (Lipinski definition) is 7. The molecule has 0 saturated carbocycles. The third-order valence-corrected chi connectivity index (χ3v) is 5.91. The first-order chi connectivity index (χ1) is 18.5. The number of carboxylic acids is 1. The Balaban J connectivity index is 2.12. The molecule has 0 aliphatic carbocycles. The summed E-state index contributed by atoms with van der Waals surface area (Å²) in [5, 5.41) is 27.0. The minimum atomic E-state index is -1.48. The number of hydrogen-bond donors (Lipinski definition) is 7. The molecule has 4 amide bonds. The highest BCUT2D eigenvalue weighted by molar-refractivity contribution is 5.94. The monoisotopic (exact) mass is 541 g/mol. The molecule has 2 aromatic carbocycles. The van der Waals surface area contributed by atoms with Crippen molar-refractivity contribution < 1.29 is 34.2 Å². The molecular formula is C27H35N5O7. The van der Waals surface area contributed by atoms with Crippen LogP contribution in [0.1, 0.15) is 30.9 Å². The van der Waals surface area contributed by atoms with Crippen molar-refractivity contribution in [2.45, 2.75) is 62.9 Å². The molecule has 0 aliphatic rings. The number of primary amides is 1. The van der Waals surface area contributed by atoms with Crippen molar-refractivity contribution in [3.8, 4) is 0 Å². The Bertz CT molecular complexity index is 1130. The smallest absolute Gasteiger partial charge is 0.326 e. The van der Waals surface area contributed by atoms with Crippen LogP contribution >= 0.6 is 0 Å². The molecule has 2 aromatic rings. The Hall–Kier alpha value is -4.29. The van der Waals surface area contributed by atoms with E-state index in [1.165, 1.54) is 6.92 Å². The number of aliphatic hydroxyl groups excluding tert-OH is 1. The molecule has 210 valence electrons. The normalized spacial score (nSPS) is 14.6. The first-order valence-corrected chi connectivity index (χ1v) is 12.4. The Morgan fingerprint density at radius 1 is 0.769 bits per heavy atom. The Morgan fingerprint density at radius 2 is 1.28 bits per heavy atom. The van der Waals surface area contributed by atoms with Crippen LogP contribution in [0, 0.1) is 0 Å². The van der Waals surface area contributed by atoms with Gasteiger partial charge in [0.05, 0.1) is 12.1 Å². The lowest BCUT2D eigenvalue weighted by Crippen LogP contribution is -2.60. The van der Waals surface area contributed by atoms with Crippen LogP contribution in [-0.4, -0.2) is 70.1 Å². The van der Waals surface area contributed by atoms with Crippen molar-refractivity contribution in [1.82, 2.24) is 16.0 Å². The number of nitrogens with two attached hydrogens (primary N) is 2. The quantitative estimate of drug-likeness (QED) is 0.148. The fraction of sp³-hybridized carbons (Fsp3) is 0.370. The summed E-state index contributed by atoms with van der Waals surface area (Å²) in [5.74, 6) is -4.54. The molecule has 5 unspecified atom stereocenters. The van der Waals surface area contributed by atoms with E-state index in [0.29, 0.717) is 5.56 Å². The van der Waals surface area contributed by atoms with Gasteiger partial charge in [-0.05, 0) is 30.9 Å². The largest absolute Gasteiger partial charge is 0.480 e. The van der Waals surface area contributed by atoms with Crippen molar-refractivity contribution >= 4 is 29.6 Å². The number of aliphatic hydroxyl groups is 1. The van der Waals surface area contributed by atoms with Crippen molar-refractivity contribution in [3.05, 3.63) is 71.8 Å². The van der Waals surface area contributed by atoms with E-state index in [4.69, 9.17) is 11.5 Å². The number of nitrogens with one attached hydrogen (secondary N) is 3. The standard InChI is InChI=1S/C27H35N5O7/c1-16(33)23(32-24(35)19(28)14-17-8-4-2-5-9-17)26(37)30-20(12-13-22(29)34)25(36)31-21(27(38)39)15-18-10-6-3-7-11-18/h2-11,16,19-21,23,33H,12-15,28H2,1H3,(H2,29,34)(H,30,37)(H,31,36)(H,32,35)(H,38,39). The van der Waals surface area contributed by atoms with Gasteiger partial charge >= 0.3 is 5.97 Å². The van der Waals surface area contributed by atoms with Gasteiger partial charge in [0.2, 0.25) is 23.6 Å². The zero-order chi connectivity index (χ0) is 28.9. The minimum absolute atomic E-state index is 0.0238. The number of aliphatic carboxylic acids is 1. The van der Waals surface area contributed by atoms with Gasteiger partial charge in [-0.15, -0.1) is 0 Å². The van der Waals surface area contributed by atoms with Gasteiger partial charge in [-0.25, -0.2) is 4.79 Å². The van der Waals surface area contributed by atoms with Crippen molar-refractivity contribution in [2.75, 3.05) is 0 Å². The first kappa shape index (κ1) is 30.9. The lowest BCUT2D eigenvalue weighted by atomic mass is 10.0. The number of amides is 4. The molecule has 0 heterocycles. The molecule has 0 radical (unpaired) electrons. The maximum Gasteiger partial charge on any atom is 0.326 e. The second-order valence-electron chi connectivity index (χ2n) is 9.18. The summed E-state index contributed by atoms with van der Waals surface area (Å²) in [5.41, 5.74) is 12.6. The molecule has 0 aliphatic heterocycles. The summed E-state index contributed by atoms with van der Waals surface area (Å²) in [7, 11) is 0. The first-order valence-electron chi connectivity index (χ1n) is 12.4. The Kier molecular flexibility index (Phi) is 12.1. The third kappa shape index (κ3) is 10.5. The fourth-order valence-corrected chi connectivity index (χ4v) is 3.77. The maximum absolute atomic E-state index is 13.0. The fourth-order valence-electron chi connectivity index (χ4n) is 3.77. The highest BCUT2D eigenvalue weighted by Gasteiger charge is 2.32. The zero-order valence-corrected chi connectivity index (χ0v) is 21.6. The van der Waals surface area contributed by atoms with Gasteiger partial charge in [-0.1, -0.05) is 60.7 Å².